The number of nitrogens with one attached hydrogen (secondary N) is 1. The van der Waals surface area contributed by atoms with Gasteiger partial charge in [0.05, 0.1) is 0 Å². The van der Waals surface area contributed by atoms with Crippen molar-refractivity contribution in [1.82, 2.24) is 5.32 Å². The van der Waals surface area contributed by atoms with Gasteiger partial charge in [-0.05, 0) is 30.2 Å². The van der Waals surface area contributed by atoms with Gasteiger partial charge in [0, 0.05) is 12.0 Å². The molecule has 0 saturated carbocycles. The van der Waals surface area contributed by atoms with Gasteiger partial charge in [-0.2, -0.15) is 0 Å². The van der Waals surface area contributed by atoms with Gasteiger partial charge < -0.3 is 5.32 Å². The Kier molecular flexibility index (Phi) is 2.69. The van der Waals surface area contributed by atoms with E-state index in [4.69, 9.17) is 0 Å². The van der Waals surface area contributed by atoms with E-state index in [9.17, 15) is 0 Å². The third kappa shape index (κ3) is 1.77. The molecule has 1 nitrogen and oxygen atoms in total. The quantitative estimate of drug-likeness (QED) is 0.822. The molecule has 3 rings (SSSR count). The van der Waals surface area contributed by atoms with Crippen LogP contribution >= 0.6 is 0 Å². The first-order valence-corrected chi connectivity index (χ1v) is 6.21. The zero-order valence-electron chi connectivity index (χ0n) is 10.1. The molecule has 2 aromatic rings. The molecule has 0 bridgehead atoms. The summed E-state index contributed by atoms with van der Waals surface area (Å²) in [6, 6.07) is 20.1. The fraction of sp³-hybridized carbons (Fsp3) is 0.250. The first-order valence-electron chi connectivity index (χ1n) is 6.21. The molecular weight excluding hydrogens is 206 g/mol. The number of rotatable bonds is 2. The molecule has 0 unspecified atom stereocenters. The lowest BCUT2D eigenvalue weighted by molar-refractivity contribution is 0.564. The average Bonchev–Trinajstić information content (AvgIpc) is 2.78. The SMILES string of the molecule is CN[C@@H]1C[C@H](c2ccccc2)c2ccccc21. The molecule has 2 aromatic carbocycles. The second-order valence-corrected chi connectivity index (χ2v) is 4.67. The highest BCUT2D eigenvalue weighted by Crippen LogP contribution is 2.43. The average molecular weight is 223 g/mol. The van der Waals surface area contributed by atoms with E-state index in [0.717, 1.165) is 0 Å². The summed E-state index contributed by atoms with van der Waals surface area (Å²) >= 11 is 0. The standard InChI is InChI=1S/C16H17N/c1-17-16-11-15(12-7-3-2-4-8-12)13-9-5-6-10-14(13)16/h2-10,15-17H,11H2,1H3/t15-,16-/m1/s1. The van der Waals surface area contributed by atoms with Crippen LogP contribution in [0.2, 0.25) is 0 Å². The lowest BCUT2D eigenvalue weighted by atomic mass is 9.93. The van der Waals surface area contributed by atoms with Gasteiger partial charge in [-0.25, -0.2) is 0 Å². The van der Waals surface area contributed by atoms with E-state index in [1.807, 2.05) is 0 Å². The van der Waals surface area contributed by atoms with Crippen molar-refractivity contribution in [2.24, 2.45) is 0 Å². The topological polar surface area (TPSA) is 12.0 Å². The van der Waals surface area contributed by atoms with E-state index < -0.39 is 0 Å². The Labute approximate surface area is 102 Å². The van der Waals surface area contributed by atoms with Crippen molar-refractivity contribution >= 4 is 0 Å². The molecule has 0 radical (unpaired) electrons. The molecular formula is C16H17N. The predicted octanol–water partition coefficient (Wildman–Crippen LogP) is 3.48. The van der Waals surface area contributed by atoms with Crippen LogP contribution in [0.5, 0.6) is 0 Å². The van der Waals surface area contributed by atoms with Crippen LogP contribution in [0.15, 0.2) is 54.6 Å². The highest BCUT2D eigenvalue weighted by molar-refractivity contribution is 5.44. The zero-order valence-corrected chi connectivity index (χ0v) is 10.1. The van der Waals surface area contributed by atoms with Crippen LogP contribution in [0.4, 0.5) is 0 Å². The molecule has 2 atom stereocenters. The van der Waals surface area contributed by atoms with Gasteiger partial charge in [-0.1, -0.05) is 54.6 Å². The van der Waals surface area contributed by atoms with E-state index in [1.54, 1.807) is 0 Å². The number of hydrogen-bond acceptors (Lipinski definition) is 1. The Balaban J connectivity index is 2.05. The maximum absolute atomic E-state index is 3.42. The molecule has 0 heterocycles. The maximum Gasteiger partial charge on any atom is 0.0329 e. The summed E-state index contributed by atoms with van der Waals surface area (Å²) in [5, 5.41) is 3.42. The number of benzene rings is 2. The van der Waals surface area contributed by atoms with Crippen LogP contribution in [0.25, 0.3) is 0 Å². The van der Waals surface area contributed by atoms with Crippen molar-refractivity contribution in [3.63, 3.8) is 0 Å². The second kappa shape index (κ2) is 4.34. The summed E-state index contributed by atoms with van der Waals surface area (Å²) in [5.41, 5.74) is 4.37. The molecule has 1 aliphatic carbocycles. The molecule has 0 spiro atoms. The van der Waals surface area contributed by atoms with Crippen LogP contribution in [-0.2, 0) is 0 Å². The van der Waals surface area contributed by atoms with Crippen molar-refractivity contribution in [3.8, 4) is 0 Å². The Morgan fingerprint density at radius 1 is 0.882 bits per heavy atom. The summed E-state index contributed by atoms with van der Waals surface area (Å²) in [5.74, 6) is 0.546. The molecule has 1 heteroatoms. The molecule has 0 aliphatic heterocycles. The van der Waals surface area contributed by atoms with Crippen LogP contribution in [0.3, 0.4) is 0 Å². The maximum atomic E-state index is 3.42. The summed E-state index contributed by atoms with van der Waals surface area (Å²) in [6.07, 6.45) is 1.17. The molecule has 17 heavy (non-hydrogen) atoms. The molecule has 1 aliphatic rings. The summed E-state index contributed by atoms with van der Waals surface area (Å²) in [7, 11) is 2.05. The Bertz CT molecular complexity index is 504. The molecule has 0 saturated heterocycles. The molecule has 86 valence electrons. The third-order valence-electron chi connectivity index (χ3n) is 3.77. The van der Waals surface area contributed by atoms with Gasteiger partial charge in [0.2, 0.25) is 0 Å². The van der Waals surface area contributed by atoms with Crippen LogP contribution < -0.4 is 5.32 Å². The van der Waals surface area contributed by atoms with Crippen molar-refractivity contribution in [3.05, 3.63) is 71.3 Å². The lowest BCUT2D eigenvalue weighted by Crippen LogP contribution is -2.13. The first kappa shape index (κ1) is 10.5. The fourth-order valence-electron chi connectivity index (χ4n) is 2.91. The van der Waals surface area contributed by atoms with Gasteiger partial charge >= 0.3 is 0 Å². The summed E-state index contributed by atoms with van der Waals surface area (Å²) < 4.78 is 0. The predicted molar refractivity (Wildman–Crippen MR) is 71.1 cm³/mol. The van der Waals surface area contributed by atoms with Gasteiger partial charge in [0.25, 0.3) is 0 Å². The van der Waals surface area contributed by atoms with Crippen molar-refractivity contribution in [2.45, 2.75) is 18.4 Å². The molecule has 1 N–H and O–H groups in total. The van der Waals surface area contributed by atoms with Gasteiger partial charge in [-0.3, -0.25) is 0 Å². The van der Waals surface area contributed by atoms with Gasteiger partial charge in [-0.15, -0.1) is 0 Å². The number of hydrogen-bond donors (Lipinski definition) is 1. The minimum Gasteiger partial charge on any atom is -0.313 e. The van der Waals surface area contributed by atoms with E-state index in [-0.39, 0.29) is 0 Å². The van der Waals surface area contributed by atoms with Crippen LogP contribution in [0.1, 0.15) is 35.1 Å². The minimum absolute atomic E-state index is 0.497. The summed E-state index contributed by atoms with van der Waals surface area (Å²) in [4.78, 5) is 0. The Morgan fingerprint density at radius 3 is 2.24 bits per heavy atom. The Hall–Kier alpha value is -1.60. The third-order valence-corrected chi connectivity index (χ3v) is 3.77. The van der Waals surface area contributed by atoms with Crippen molar-refractivity contribution in [2.75, 3.05) is 7.05 Å². The first-order chi connectivity index (χ1) is 8.40. The molecule has 0 fully saturated rings. The summed E-state index contributed by atoms with van der Waals surface area (Å²) in [6.45, 7) is 0. The molecule has 0 amide bonds. The van der Waals surface area contributed by atoms with E-state index >= 15 is 0 Å². The van der Waals surface area contributed by atoms with Gasteiger partial charge in [0.1, 0.15) is 0 Å². The smallest absolute Gasteiger partial charge is 0.0329 e. The van der Waals surface area contributed by atoms with Crippen molar-refractivity contribution in [1.29, 1.82) is 0 Å². The van der Waals surface area contributed by atoms with E-state index in [2.05, 4.69) is 67.0 Å². The molecule has 0 aromatic heterocycles. The highest BCUT2D eigenvalue weighted by Gasteiger charge is 2.30. The van der Waals surface area contributed by atoms with Crippen LogP contribution in [-0.4, -0.2) is 7.05 Å². The largest absolute Gasteiger partial charge is 0.313 e. The lowest BCUT2D eigenvalue weighted by Gasteiger charge is -2.12. The monoisotopic (exact) mass is 223 g/mol. The normalized spacial score (nSPS) is 22.4. The highest BCUT2D eigenvalue weighted by atomic mass is 14.9. The second-order valence-electron chi connectivity index (χ2n) is 4.67. The minimum atomic E-state index is 0.497. The zero-order chi connectivity index (χ0) is 11.7. The van der Waals surface area contributed by atoms with Crippen molar-refractivity contribution < 1.29 is 0 Å². The number of fused-ring (bicyclic) bond motifs is 1. The van der Waals surface area contributed by atoms with E-state index in [0.29, 0.717) is 12.0 Å². The Morgan fingerprint density at radius 2 is 1.53 bits per heavy atom. The fourth-order valence-corrected chi connectivity index (χ4v) is 2.91. The van der Waals surface area contributed by atoms with Gasteiger partial charge in [0.15, 0.2) is 0 Å². The van der Waals surface area contributed by atoms with E-state index in [1.165, 1.54) is 23.1 Å². The van der Waals surface area contributed by atoms with Crippen LogP contribution in [0, 0.1) is 0 Å².